The average molecular weight is 442 g/mol. The van der Waals surface area contributed by atoms with Gasteiger partial charge < -0.3 is 14.4 Å². The lowest BCUT2D eigenvalue weighted by Crippen LogP contribution is -2.25. The highest BCUT2D eigenvalue weighted by Crippen LogP contribution is 2.41. The number of hydrogen-bond acceptors (Lipinski definition) is 5. The molecule has 0 saturated carbocycles. The summed E-state index contributed by atoms with van der Waals surface area (Å²) in [4.78, 5) is 28.1. The maximum Gasteiger partial charge on any atom is 0.337 e. The highest BCUT2D eigenvalue weighted by Gasteiger charge is 2.24. The van der Waals surface area contributed by atoms with Crippen molar-refractivity contribution in [1.82, 2.24) is 0 Å². The van der Waals surface area contributed by atoms with Crippen molar-refractivity contribution in [3.8, 4) is 16.2 Å². The fourth-order valence-corrected chi connectivity index (χ4v) is 4.98. The molecule has 1 aromatic heterocycles. The first-order valence-electron chi connectivity index (χ1n) is 9.41. The first-order chi connectivity index (χ1) is 14.4. The van der Waals surface area contributed by atoms with Gasteiger partial charge in [0.2, 0.25) is 0 Å². The van der Waals surface area contributed by atoms with E-state index in [4.69, 9.17) is 21.1 Å². The van der Waals surface area contributed by atoms with Gasteiger partial charge in [0.05, 0.1) is 34.9 Å². The lowest BCUT2D eigenvalue weighted by atomic mass is 10.1. The largest absolute Gasteiger partial charge is 0.493 e. The van der Waals surface area contributed by atoms with E-state index in [0.717, 1.165) is 33.7 Å². The number of amides is 1. The van der Waals surface area contributed by atoms with Gasteiger partial charge in [-0.1, -0.05) is 17.7 Å². The molecule has 0 N–H and O–H groups in total. The molecular weight excluding hydrogens is 422 g/mol. The molecule has 0 unspecified atom stereocenters. The Morgan fingerprint density at radius 1 is 1.17 bits per heavy atom. The summed E-state index contributed by atoms with van der Waals surface area (Å²) < 4.78 is 10.6. The van der Waals surface area contributed by atoms with Crippen molar-refractivity contribution in [2.75, 3.05) is 25.7 Å². The van der Waals surface area contributed by atoms with Crippen LogP contribution in [0, 0.1) is 6.92 Å². The Balaban J connectivity index is 1.66. The number of carbonyl (C=O) groups is 2. The van der Waals surface area contributed by atoms with E-state index in [1.54, 1.807) is 19.2 Å². The van der Waals surface area contributed by atoms with Gasteiger partial charge in [0.15, 0.2) is 0 Å². The van der Waals surface area contributed by atoms with Crippen LogP contribution in [0.15, 0.2) is 42.5 Å². The van der Waals surface area contributed by atoms with Crippen molar-refractivity contribution >= 4 is 40.5 Å². The normalized spacial score (nSPS) is 12.3. The molecule has 154 valence electrons. The molecule has 0 fully saturated rings. The number of aryl methyl sites for hydroxylation is 1. The van der Waals surface area contributed by atoms with E-state index >= 15 is 0 Å². The van der Waals surface area contributed by atoms with Gasteiger partial charge in [-0.2, -0.15) is 0 Å². The topological polar surface area (TPSA) is 55.8 Å². The Kier molecular flexibility index (Phi) is 5.54. The molecule has 1 aliphatic heterocycles. The van der Waals surface area contributed by atoms with E-state index in [9.17, 15) is 9.59 Å². The van der Waals surface area contributed by atoms with E-state index in [1.807, 2.05) is 31.2 Å². The van der Waals surface area contributed by atoms with E-state index in [-0.39, 0.29) is 5.91 Å². The van der Waals surface area contributed by atoms with Crippen molar-refractivity contribution in [1.29, 1.82) is 0 Å². The predicted octanol–water partition coefficient (Wildman–Crippen LogP) is 5.38. The summed E-state index contributed by atoms with van der Waals surface area (Å²) in [5.41, 5.74) is 4.11. The number of ether oxygens (including phenoxy) is 2. The van der Waals surface area contributed by atoms with Gasteiger partial charge in [-0.25, -0.2) is 4.79 Å². The summed E-state index contributed by atoms with van der Waals surface area (Å²) >= 11 is 7.80. The van der Waals surface area contributed by atoms with Crippen LogP contribution in [-0.2, 0) is 11.2 Å². The molecule has 2 aromatic carbocycles. The number of fused-ring (bicyclic) bond motifs is 3. The third-order valence-corrected chi connectivity index (χ3v) is 6.57. The number of anilines is 1. The molecule has 30 heavy (non-hydrogen) atoms. The van der Waals surface area contributed by atoms with Crippen LogP contribution in [0.25, 0.3) is 10.4 Å². The Hall–Kier alpha value is -2.83. The maximum atomic E-state index is 13.2. The average Bonchev–Trinajstić information content (AvgIpc) is 3.08. The molecule has 0 bridgehead atoms. The third kappa shape index (κ3) is 3.68. The molecule has 2 heterocycles. The van der Waals surface area contributed by atoms with Gasteiger partial charge in [-0.3, -0.25) is 4.79 Å². The molecule has 1 amide bonds. The van der Waals surface area contributed by atoms with E-state index in [0.29, 0.717) is 27.8 Å². The van der Waals surface area contributed by atoms with Crippen LogP contribution < -0.4 is 9.64 Å². The first-order valence-corrected chi connectivity index (χ1v) is 10.6. The van der Waals surface area contributed by atoms with Crippen molar-refractivity contribution in [3.63, 3.8) is 0 Å². The highest BCUT2D eigenvalue weighted by atomic mass is 35.5. The minimum Gasteiger partial charge on any atom is -0.493 e. The molecule has 0 atom stereocenters. The lowest BCUT2D eigenvalue weighted by Gasteiger charge is -2.18. The van der Waals surface area contributed by atoms with Gasteiger partial charge in [-0.05, 0) is 54.4 Å². The molecule has 4 rings (SSSR count). The quantitative estimate of drug-likeness (QED) is 0.512. The molecule has 3 aromatic rings. The van der Waals surface area contributed by atoms with Crippen LogP contribution in [0.2, 0.25) is 5.02 Å². The van der Waals surface area contributed by atoms with Gasteiger partial charge in [0.1, 0.15) is 5.75 Å². The second-order valence-electron chi connectivity index (χ2n) is 7.09. The summed E-state index contributed by atoms with van der Waals surface area (Å²) in [5.74, 6) is 0.218. The number of esters is 1. The number of rotatable bonds is 3. The van der Waals surface area contributed by atoms with Crippen LogP contribution >= 0.6 is 22.9 Å². The Labute approximate surface area is 183 Å². The van der Waals surface area contributed by atoms with Crippen LogP contribution in [-0.4, -0.2) is 32.6 Å². The van der Waals surface area contributed by atoms with Gasteiger partial charge in [-0.15, -0.1) is 11.3 Å². The molecular formula is C23H20ClNO4S. The first kappa shape index (κ1) is 20.4. The standard InChI is InChI=1S/C23H20ClNO4S/c1-13-4-6-16-19(10-13)29-9-8-14-12-20(30-21(14)16)22(26)25(2)18-7-5-15(11-17(18)24)23(27)28-3/h4-7,10-12H,8-9H2,1-3H3. The summed E-state index contributed by atoms with van der Waals surface area (Å²) in [6.07, 6.45) is 0.741. The highest BCUT2D eigenvalue weighted by molar-refractivity contribution is 7.17. The lowest BCUT2D eigenvalue weighted by molar-refractivity contribution is 0.0600. The summed E-state index contributed by atoms with van der Waals surface area (Å²) in [6.45, 7) is 2.60. The van der Waals surface area contributed by atoms with Crippen LogP contribution in [0.4, 0.5) is 5.69 Å². The van der Waals surface area contributed by atoms with E-state index in [2.05, 4.69) is 0 Å². The number of halogens is 1. The SMILES string of the molecule is COC(=O)c1ccc(N(C)C(=O)c2cc3c(s2)-c2ccc(C)cc2OCC3)c(Cl)c1. The molecule has 1 aliphatic rings. The number of nitrogens with zero attached hydrogens (tertiary/aromatic N) is 1. The monoisotopic (exact) mass is 441 g/mol. The summed E-state index contributed by atoms with van der Waals surface area (Å²) in [5, 5.41) is 0.307. The molecule has 5 nitrogen and oxygen atoms in total. The number of carbonyl (C=O) groups excluding carboxylic acids is 2. The van der Waals surface area contributed by atoms with Crippen molar-refractivity contribution in [2.24, 2.45) is 0 Å². The van der Waals surface area contributed by atoms with Crippen molar-refractivity contribution in [3.05, 3.63) is 69.1 Å². The van der Waals surface area contributed by atoms with Crippen molar-refractivity contribution < 1.29 is 19.1 Å². The van der Waals surface area contributed by atoms with Crippen LogP contribution in [0.1, 0.15) is 31.2 Å². The molecule has 0 aliphatic carbocycles. The second-order valence-corrected chi connectivity index (χ2v) is 8.54. The Bertz CT molecular complexity index is 1150. The number of hydrogen-bond donors (Lipinski definition) is 0. The van der Waals surface area contributed by atoms with Crippen LogP contribution in [0.3, 0.4) is 0 Å². The van der Waals surface area contributed by atoms with Gasteiger partial charge in [0, 0.05) is 23.9 Å². The molecule has 0 spiro atoms. The summed E-state index contributed by atoms with van der Waals surface area (Å²) in [6, 6.07) is 12.8. The Morgan fingerprint density at radius 3 is 2.70 bits per heavy atom. The fraction of sp³-hybridized carbons (Fsp3) is 0.217. The number of methoxy groups -OCH3 is 1. The number of benzene rings is 2. The fourth-order valence-electron chi connectivity index (χ4n) is 3.45. The zero-order valence-corrected chi connectivity index (χ0v) is 18.4. The maximum absolute atomic E-state index is 13.2. The van der Waals surface area contributed by atoms with E-state index in [1.165, 1.54) is 29.4 Å². The molecule has 7 heteroatoms. The van der Waals surface area contributed by atoms with E-state index < -0.39 is 5.97 Å². The second kappa shape index (κ2) is 8.13. The number of thiophene rings is 1. The zero-order chi connectivity index (χ0) is 21.4. The molecule has 0 radical (unpaired) electrons. The van der Waals surface area contributed by atoms with Gasteiger partial charge >= 0.3 is 5.97 Å². The van der Waals surface area contributed by atoms with Gasteiger partial charge in [0.25, 0.3) is 5.91 Å². The smallest absolute Gasteiger partial charge is 0.337 e. The predicted molar refractivity (Wildman–Crippen MR) is 119 cm³/mol. The third-order valence-electron chi connectivity index (χ3n) is 5.07. The van der Waals surface area contributed by atoms with Crippen LogP contribution in [0.5, 0.6) is 5.75 Å². The Morgan fingerprint density at radius 2 is 1.97 bits per heavy atom. The minimum atomic E-state index is -0.476. The minimum absolute atomic E-state index is 0.157. The summed E-state index contributed by atoms with van der Waals surface area (Å²) in [7, 11) is 2.98. The molecule has 0 saturated heterocycles. The van der Waals surface area contributed by atoms with Crippen molar-refractivity contribution in [2.45, 2.75) is 13.3 Å². The zero-order valence-electron chi connectivity index (χ0n) is 16.8.